The third-order valence-electron chi connectivity index (χ3n) is 2.52. The van der Waals surface area contributed by atoms with Gasteiger partial charge in [-0.1, -0.05) is 29.8 Å². The summed E-state index contributed by atoms with van der Waals surface area (Å²) in [6.07, 6.45) is 1.27. The van der Waals surface area contributed by atoms with Gasteiger partial charge in [0.25, 0.3) is 5.91 Å². The molecule has 92 valence electrons. The molecule has 1 N–H and O–H groups in total. The van der Waals surface area contributed by atoms with Gasteiger partial charge in [-0.2, -0.15) is 4.39 Å². The Hall–Kier alpha value is -2.23. The minimum atomic E-state index is -0.654. The highest BCUT2D eigenvalue weighted by Crippen LogP contribution is 2.05. The third-order valence-corrected chi connectivity index (χ3v) is 2.52. The van der Waals surface area contributed by atoms with Gasteiger partial charge in [0, 0.05) is 24.4 Å². The highest BCUT2D eigenvalue weighted by atomic mass is 19.1. The number of rotatable bonds is 3. The lowest BCUT2D eigenvalue weighted by Gasteiger charge is -2.06. The summed E-state index contributed by atoms with van der Waals surface area (Å²) in [6.45, 7) is 2.41. The molecule has 0 radical (unpaired) electrons. The molecule has 0 saturated heterocycles. The zero-order valence-electron chi connectivity index (χ0n) is 9.98. The van der Waals surface area contributed by atoms with E-state index in [0.717, 1.165) is 17.2 Å². The number of carbonyl (C=O) groups excluding carboxylic acids is 1. The van der Waals surface area contributed by atoms with Gasteiger partial charge < -0.3 is 5.32 Å². The number of hydrogen-bond acceptors (Lipinski definition) is 2. The summed E-state index contributed by atoms with van der Waals surface area (Å²) >= 11 is 0. The van der Waals surface area contributed by atoms with E-state index in [2.05, 4.69) is 10.3 Å². The van der Waals surface area contributed by atoms with Crippen LogP contribution in [0.1, 0.15) is 21.5 Å². The smallest absolute Gasteiger partial charge is 0.251 e. The Morgan fingerprint density at radius 2 is 2.17 bits per heavy atom. The molecule has 0 saturated carbocycles. The Balaban J connectivity index is 2.00. The first-order valence-corrected chi connectivity index (χ1v) is 5.60. The van der Waals surface area contributed by atoms with Crippen LogP contribution in [0.25, 0.3) is 0 Å². The van der Waals surface area contributed by atoms with Gasteiger partial charge in [0.2, 0.25) is 5.95 Å². The summed E-state index contributed by atoms with van der Waals surface area (Å²) in [6, 6.07) is 10.4. The van der Waals surface area contributed by atoms with E-state index in [0.29, 0.717) is 6.54 Å². The highest BCUT2D eigenvalue weighted by molar-refractivity contribution is 5.93. The van der Waals surface area contributed by atoms with Gasteiger partial charge >= 0.3 is 0 Å². The second kappa shape index (κ2) is 5.40. The topological polar surface area (TPSA) is 42.0 Å². The van der Waals surface area contributed by atoms with Crippen molar-refractivity contribution in [1.82, 2.24) is 10.3 Å². The predicted molar refractivity (Wildman–Crippen MR) is 66.5 cm³/mol. The van der Waals surface area contributed by atoms with Crippen LogP contribution in [0.15, 0.2) is 42.6 Å². The maximum atomic E-state index is 12.9. The van der Waals surface area contributed by atoms with E-state index in [-0.39, 0.29) is 11.5 Å². The molecule has 0 aliphatic rings. The Bertz CT molecular complexity index is 569. The van der Waals surface area contributed by atoms with Gasteiger partial charge in [0.1, 0.15) is 0 Å². The van der Waals surface area contributed by atoms with Crippen LogP contribution in [-0.4, -0.2) is 10.9 Å². The fraction of sp³-hybridized carbons (Fsp3) is 0.143. The predicted octanol–water partition coefficient (Wildman–Crippen LogP) is 2.46. The fourth-order valence-electron chi connectivity index (χ4n) is 1.65. The average molecular weight is 244 g/mol. The minimum absolute atomic E-state index is 0.273. The lowest BCUT2D eigenvalue weighted by molar-refractivity contribution is 0.0950. The van der Waals surface area contributed by atoms with Crippen molar-refractivity contribution in [1.29, 1.82) is 0 Å². The molecule has 1 heterocycles. The monoisotopic (exact) mass is 244 g/mol. The fourth-order valence-corrected chi connectivity index (χ4v) is 1.65. The van der Waals surface area contributed by atoms with Crippen molar-refractivity contribution in [3.63, 3.8) is 0 Å². The number of aromatic nitrogens is 1. The van der Waals surface area contributed by atoms with E-state index in [1.165, 1.54) is 12.3 Å². The van der Waals surface area contributed by atoms with Crippen molar-refractivity contribution < 1.29 is 9.18 Å². The SMILES string of the molecule is Cc1cccc(CNC(=O)c2ccnc(F)c2)c1. The van der Waals surface area contributed by atoms with Crippen molar-refractivity contribution >= 4 is 5.91 Å². The maximum absolute atomic E-state index is 12.9. The van der Waals surface area contributed by atoms with Gasteiger partial charge in [-0.05, 0) is 18.6 Å². The number of hydrogen-bond donors (Lipinski definition) is 1. The molecule has 1 amide bonds. The van der Waals surface area contributed by atoms with E-state index in [9.17, 15) is 9.18 Å². The van der Waals surface area contributed by atoms with E-state index < -0.39 is 5.95 Å². The minimum Gasteiger partial charge on any atom is -0.348 e. The van der Waals surface area contributed by atoms with Crippen LogP contribution in [0, 0.1) is 12.9 Å². The summed E-state index contributed by atoms with van der Waals surface area (Å²) in [7, 11) is 0. The zero-order chi connectivity index (χ0) is 13.0. The van der Waals surface area contributed by atoms with Crippen LogP contribution in [0.2, 0.25) is 0 Å². The summed E-state index contributed by atoms with van der Waals surface area (Å²) in [4.78, 5) is 15.2. The van der Waals surface area contributed by atoms with Gasteiger partial charge in [-0.3, -0.25) is 4.79 Å². The molecule has 3 nitrogen and oxygen atoms in total. The number of halogens is 1. The molecule has 0 atom stereocenters. The Labute approximate surface area is 105 Å². The third kappa shape index (κ3) is 3.13. The number of nitrogens with one attached hydrogen (secondary N) is 1. The van der Waals surface area contributed by atoms with Gasteiger partial charge in [0.15, 0.2) is 0 Å². The zero-order valence-corrected chi connectivity index (χ0v) is 9.98. The lowest BCUT2D eigenvalue weighted by Crippen LogP contribution is -2.23. The lowest BCUT2D eigenvalue weighted by atomic mass is 10.1. The van der Waals surface area contributed by atoms with Crippen LogP contribution in [0.4, 0.5) is 4.39 Å². The number of benzene rings is 1. The summed E-state index contributed by atoms with van der Waals surface area (Å²) in [5.41, 5.74) is 2.42. The first kappa shape index (κ1) is 12.2. The molecule has 0 unspecified atom stereocenters. The summed E-state index contributed by atoms with van der Waals surface area (Å²) in [5, 5.41) is 2.74. The quantitative estimate of drug-likeness (QED) is 0.843. The maximum Gasteiger partial charge on any atom is 0.251 e. The van der Waals surface area contributed by atoms with Crippen molar-refractivity contribution in [3.8, 4) is 0 Å². The van der Waals surface area contributed by atoms with Crippen LogP contribution in [0.3, 0.4) is 0 Å². The van der Waals surface area contributed by atoms with Crippen LogP contribution >= 0.6 is 0 Å². The molecule has 0 bridgehead atoms. The van der Waals surface area contributed by atoms with Gasteiger partial charge in [0.05, 0.1) is 0 Å². The molecule has 0 aliphatic heterocycles. The van der Waals surface area contributed by atoms with Crippen molar-refractivity contribution in [3.05, 3.63) is 65.2 Å². The van der Waals surface area contributed by atoms with Crippen molar-refractivity contribution in [2.75, 3.05) is 0 Å². The van der Waals surface area contributed by atoms with E-state index in [1.807, 2.05) is 31.2 Å². The number of amides is 1. The first-order chi connectivity index (χ1) is 8.65. The molecule has 0 spiro atoms. The molecule has 0 fully saturated rings. The van der Waals surface area contributed by atoms with E-state index in [4.69, 9.17) is 0 Å². The highest BCUT2D eigenvalue weighted by Gasteiger charge is 2.06. The Morgan fingerprint density at radius 1 is 1.33 bits per heavy atom. The largest absolute Gasteiger partial charge is 0.348 e. The first-order valence-electron chi connectivity index (χ1n) is 5.60. The van der Waals surface area contributed by atoms with E-state index >= 15 is 0 Å². The molecule has 2 aromatic rings. The number of pyridine rings is 1. The van der Waals surface area contributed by atoms with Gasteiger partial charge in [-0.15, -0.1) is 0 Å². The molecule has 4 heteroatoms. The standard InChI is InChI=1S/C14H13FN2O/c1-10-3-2-4-11(7-10)9-17-14(18)12-5-6-16-13(15)8-12/h2-8H,9H2,1H3,(H,17,18). The molecule has 2 rings (SSSR count). The van der Waals surface area contributed by atoms with E-state index in [1.54, 1.807) is 0 Å². The van der Waals surface area contributed by atoms with Crippen LogP contribution < -0.4 is 5.32 Å². The molecule has 1 aromatic carbocycles. The average Bonchev–Trinajstić information content (AvgIpc) is 2.36. The molecular formula is C14H13FN2O. The summed E-state index contributed by atoms with van der Waals surface area (Å²) in [5.74, 6) is -0.962. The normalized spacial score (nSPS) is 10.1. The molecule has 0 aliphatic carbocycles. The molecule has 1 aromatic heterocycles. The number of aryl methyl sites for hydroxylation is 1. The van der Waals surface area contributed by atoms with Crippen molar-refractivity contribution in [2.45, 2.75) is 13.5 Å². The number of nitrogens with zero attached hydrogens (tertiary/aromatic N) is 1. The van der Waals surface area contributed by atoms with Crippen molar-refractivity contribution in [2.24, 2.45) is 0 Å². The van der Waals surface area contributed by atoms with Gasteiger partial charge in [-0.25, -0.2) is 4.98 Å². The molecule has 18 heavy (non-hydrogen) atoms. The second-order valence-corrected chi connectivity index (χ2v) is 4.04. The van der Waals surface area contributed by atoms with Crippen LogP contribution in [-0.2, 0) is 6.54 Å². The Kier molecular flexibility index (Phi) is 3.67. The second-order valence-electron chi connectivity index (χ2n) is 4.04. The number of carbonyl (C=O) groups is 1. The Morgan fingerprint density at radius 3 is 2.89 bits per heavy atom. The van der Waals surface area contributed by atoms with Crippen LogP contribution in [0.5, 0.6) is 0 Å². The summed E-state index contributed by atoms with van der Waals surface area (Å²) < 4.78 is 12.9. The molecular weight excluding hydrogens is 231 g/mol.